The van der Waals surface area contributed by atoms with Crippen LogP contribution < -0.4 is 5.32 Å². The van der Waals surface area contributed by atoms with Crippen LogP contribution in [-0.4, -0.2) is 34.8 Å². The number of urea groups is 1. The van der Waals surface area contributed by atoms with Crippen molar-refractivity contribution in [3.05, 3.63) is 96.1 Å². The highest BCUT2D eigenvalue weighted by molar-refractivity contribution is 5.88. The van der Waals surface area contributed by atoms with Crippen LogP contribution >= 0.6 is 0 Å². The van der Waals surface area contributed by atoms with E-state index in [4.69, 9.17) is 4.74 Å². The van der Waals surface area contributed by atoms with E-state index in [0.717, 1.165) is 37.6 Å². The predicted molar refractivity (Wildman–Crippen MR) is 128 cm³/mol. The molecule has 2 N–H and O–H groups in total. The fourth-order valence-corrected chi connectivity index (χ4v) is 3.95. The predicted octanol–water partition coefficient (Wildman–Crippen LogP) is 4.59. The van der Waals surface area contributed by atoms with Crippen molar-refractivity contribution in [1.29, 1.82) is 0 Å². The fourth-order valence-electron chi connectivity index (χ4n) is 3.95. The van der Waals surface area contributed by atoms with Crippen LogP contribution in [0.3, 0.4) is 0 Å². The normalized spacial score (nSPS) is 11.8. The van der Waals surface area contributed by atoms with Crippen molar-refractivity contribution in [3.63, 3.8) is 0 Å². The summed E-state index contributed by atoms with van der Waals surface area (Å²) in [6, 6.07) is 26.8. The quantitative estimate of drug-likeness (QED) is 0.324. The molecule has 0 aliphatic heterocycles. The lowest BCUT2D eigenvalue weighted by Gasteiger charge is -2.27. The number of esters is 1. The number of aliphatic hydroxyl groups is 1. The standard InChI is InChI=1S/C27H26N2O4/c1-2-33-26(31)25(30)29(18-22-14-8-12-20-10-4-6-16-24(20)22)27(32)28-17-21-13-7-11-19-9-3-5-15-23(19)21/h3-16,25,30H,2,17-18H2,1H3,(H,28,32). The smallest absolute Gasteiger partial charge is 0.356 e. The second-order valence-corrected chi connectivity index (χ2v) is 7.69. The van der Waals surface area contributed by atoms with Gasteiger partial charge in [-0.25, -0.2) is 9.59 Å². The molecule has 4 rings (SSSR count). The Balaban J connectivity index is 1.59. The number of nitrogens with zero attached hydrogens (tertiary/aromatic N) is 1. The minimum atomic E-state index is -1.73. The third-order valence-corrected chi connectivity index (χ3v) is 5.58. The number of nitrogens with one attached hydrogen (secondary N) is 1. The Morgan fingerprint density at radius 1 is 0.848 bits per heavy atom. The minimum absolute atomic E-state index is 0.0444. The summed E-state index contributed by atoms with van der Waals surface area (Å²) in [5.74, 6) is -0.863. The Bertz CT molecular complexity index is 1280. The summed E-state index contributed by atoms with van der Waals surface area (Å²) in [7, 11) is 0. The van der Waals surface area contributed by atoms with Crippen LogP contribution in [0.2, 0.25) is 0 Å². The van der Waals surface area contributed by atoms with Gasteiger partial charge in [0, 0.05) is 6.54 Å². The van der Waals surface area contributed by atoms with Gasteiger partial charge in [0.2, 0.25) is 6.23 Å². The Morgan fingerprint density at radius 2 is 1.39 bits per heavy atom. The molecule has 168 valence electrons. The van der Waals surface area contributed by atoms with Gasteiger partial charge in [0.15, 0.2) is 0 Å². The van der Waals surface area contributed by atoms with Crippen LogP contribution in [0.1, 0.15) is 18.1 Å². The van der Waals surface area contributed by atoms with Crippen molar-refractivity contribution in [2.45, 2.75) is 26.2 Å². The lowest BCUT2D eigenvalue weighted by atomic mass is 10.0. The summed E-state index contributed by atoms with van der Waals surface area (Å²) in [5.41, 5.74) is 1.76. The molecule has 1 atom stereocenters. The first kappa shape index (κ1) is 22.3. The summed E-state index contributed by atoms with van der Waals surface area (Å²) in [6.45, 7) is 2.06. The largest absolute Gasteiger partial charge is 0.463 e. The Hall–Kier alpha value is -3.90. The van der Waals surface area contributed by atoms with Gasteiger partial charge in [-0.2, -0.15) is 0 Å². The van der Waals surface area contributed by atoms with E-state index in [1.807, 2.05) is 84.9 Å². The number of hydrogen-bond donors (Lipinski definition) is 2. The molecule has 0 bridgehead atoms. The van der Waals surface area contributed by atoms with E-state index < -0.39 is 18.2 Å². The molecular formula is C27H26N2O4. The number of carbonyl (C=O) groups is 2. The van der Waals surface area contributed by atoms with E-state index in [2.05, 4.69) is 5.32 Å². The molecule has 4 aromatic carbocycles. The first-order chi connectivity index (χ1) is 16.1. The third-order valence-electron chi connectivity index (χ3n) is 5.58. The number of ether oxygens (including phenoxy) is 1. The van der Waals surface area contributed by atoms with Crippen molar-refractivity contribution < 1.29 is 19.4 Å². The molecule has 0 radical (unpaired) electrons. The topological polar surface area (TPSA) is 78.9 Å². The first-order valence-corrected chi connectivity index (χ1v) is 10.9. The molecule has 1 unspecified atom stereocenters. The summed E-state index contributed by atoms with van der Waals surface area (Å²) in [4.78, 5) is 26.6. The van der Waals surface area contributed by atoms with E-state index in [0.29, 0.717) is 0 Å². The summed E-state index contributed by atoms with van der Waals surface area (Å²) in [6.07, 6.45) is -1.73. The molecule has 6 nitrogen and oxygen atoms in total. The fraction of sp³-hybridized carbons (Fsp3) is 0.185. The van der Waals surface area contributed by atoms with Gasteiger partial charge in [-0.3, -0.25) is 4.90 Å². The zero-order valence-electron chi connectivity index (χ0n) is 18.4. The van der Waals surface area contributed by atoms with E-state index >= 15 is 0 Å². The van der Waals surface area contributed by atoms with Gasteiger partial charge < -0.3 is 15.2 Å². The van der Waals surface area contributed by atoms with Crippen LogP contribution in [-0.2, 0) is 22.6 Å². The second kappa shape index (κ2) is 10.1. The molecule has 4 aromatic rings. The summed E-state index contributed by atoms with van der Waals surface area (Å²) in [5, 5.41) is 17.6. The van der Waals surface area contributed by atoms with Crippen molar-refractivity contribution >= 4 is 33.5 Å². The zero-order chi connectivity index (χ0) is 23.2. The maximum Gasteiger partial charge on any atom is 0.356 e. The SMILES string of the molecule is CCOC(=O)C(O)N(Cc1cccc2ccccc12)C(=O)NCc1cccc2ccccc12. The van der Waals surface area contributed by atoms with E-state index in [1.165, 1.54) is 0 Å². The molecule has 0 fully saturated rings. The minimum Gasteiger partial charge on any atom is -0.463 e. The van der Waals surface area contributed by atoms with Gasteiger partial charge in [0.05, 0.1) is 13.2 Å². The van der Waals surface area contributed by atoms with E-state index in [-0.39, 0.29) is 19.7 Å². The number of amides is 2. The average molecular weight is 443 g/mol. The van der Waals surface area contributed by atoms with Gasteiger partial charge in [0.1, 0.15) is 0 Å². The monoisotopic (exact) mass is 442 g/mol. The molecule has 2 amide bonds. The Kier molecular flexibility index (Phi) is 6.86. The number of aliphatic hydroxyl groups excluding tert-OH is 1. The van der Waals surface area contributed by atoms with Crippen LogP contribution in [0.4, 0.5) is 4.79 Å². The van der Waals surface area contributed by atoms with Crippen LogP contribution in [0, 0.1) is 0 Å². The van der Waals surface area contributed by atoms with Gasteiger partial charge >= 0.3 is 12.0 Å². The van der Waals surface area contributed by atoms with Crippen LogP contribution in [0.25, 0.3) is 21.5 Å². The maximum absolute atomic E-state index is 13.2. The highest BCUT2D eigenvalue weighted by Gasteiger charge is 2.29. The molecule has 0 heterocycles. The molecule has 0 saturated heterocycles. The summed E-state index contributed by atoms with van der Waals surface area (Å²) >= 11 is 0. The lowest BCUT2D eigenvalue weighted by molar-refractivity contribution is -0.161. The molecule has 0 aromatic heterocycles. The molecular weight excluding hydrogens is 416 g/mol. The second-order valence-electron chi connectivity index (χ2n) is 7.69. The number of fused-ring (bicyclic) bond motifs is 2. The van der Waals surface area contributed by atoms with Gasteiger partial charge in [-0.1, -0.05) is 84.9 Å². The van der Waals surface area contributed by atoms with E-state index in [1.54, 1.807) is 6.92 Å². The lowest BCUT2D eigenvalue weighted by Crippen LogP contribution is -2.49. The van der Waals surface area contributed by atoms with Gasteiger partial charge in [-0.15, -0.1) is 0 Å². The summed E-state index contributed by atoms with van der Waals surface area (Å²) < 4.78 is 4.97. The van der Waals surface area contributed by atoms with Crippen LogP contribution in [0.15, 0.2) is 84.9 Å². The van der Waals surface area contributed by atoms with Crippen molar-refractivity contribution in [2.75, 3.05) is 6.61 Å². The number of hydrogen-bond acceptors (Lipinski definition) is 4. The highest BCUT2D eigenvalue weighted by atomic mass is 16.5. The van der Waals surface area contributed by atoms with E-state index in [9.17, 15) is 14.7 Å². The number of benzene rings is 4. The number of carbonyl (C=O) groups excluding carboxylic acids is 2. The van der Waals surface area contributed by atoms with Crippen LogP contribution in [0.5, 0.6) is 0 Å². The van der Waals surface area contributed by atoms with Gasteiger partial charge in [-0.05, 0) is 39.6 Å². The highest BCUT2D eigenvalue weighted by Crippen LogP contribution is 2.22. The maximum atomic E-state index is 13.2. The van der Waals surface area contributed by atoms with Crippen molar-refractivity contribution in [2.24, 2.45) is 0 Å². The van der Waals surface area contributed by atoms with Crippen molar-refractivity contribution in [1.82, 2.24) is 10.2 Å². The van der Waals surface area contributed by atoms with Crippen molar-refractivity contribution in [3.8, 4) is 0 Å². The molecule has 0 saturated carbocycles. The Labute approximate surface area is 192 Å². The molecule has 33 heavy (non-hydrogen) atoms. The molecule has 0 aliphatic carbocycles. The average Bonchev–Trinajstić information content (AvgIpc) is 2.85. The Morgan fingerprint density at radius 3 is 2.03 bits per heavy atom. The first-order valence-electron chi connectivity index (χ1n) is 10.9. The van der Waals surface area contributed by atoms with Gasteiger partial charge in [0.25, 0.3) is 0 Å². The molecule has 0 aliphatic rings. The third kappa shape index (κ3) is 4.96. The number of rotatable bonds is 7. The zero-order valence-corrected chi connectivity index (χ0v) is 18.4. The molecule has 0 spiro atoms. The molecule has 6 heteroatoms.